The Bertz CT molecular complexity index is 413. The number of anilines is 1. The van der Waals surface area contributed by atoms with Crippen LogP contribution in [0.2, 0.25) is 5.02 Å². The Hall–Kier alpha value is -1.26. The molecular weight excluding hydrogens is 240 g/mol. The van der Waals surface area contributed by atoms with Crippen LogP contribution in [-0.2, 0) is 16.2 Å². The molecule has 4 nitrogen and oxygen atoms in total. The number of carbonyl (C=O) groups is 1. The maximum Gasteiger partial charge on any atom is 0.329 e. The summed E-state index contributed by atoms with van der Waals surface area (Å²) in [5, 5.41) is 0.581. The van der Waals surface area contributed by atoms with E-state index in [1.54, 1.807) is 39.0 Å². The molecule has 0 radical (unpaired) electrons. The standard InChI is InChI=1S/C12H17ClN2O2/c1-12(2,3)11(16)17-15-7-8-4-5-9(13)6-10(8)14/h4-6,15H,7,14H2,1-3H3. The van der Waals surface area contributed by atoms with E-state index >= 15 is 0 Å². The van der Waals surface area contributed by atoms with E-state index in [0.717, 1.165) is 5.56 Å². The van der Waals surface area contributed by atoms with E-state index in [1.165, 1.54) is 0 Å². The second kappa shape index (κ2) is 5.38. The molecule has 0 atom stereocenters. The summed E-state index contributed by atoms with van der Waals surface area (Å²) in [5.74, 6) is -0.315. The normalized spacial score (nSPS) is 11.3. The molecule has 1 aromatic rings. The zero-order valence-electron chi connectivity index (χ0n) is 10.2. The third-order valence-electron chi connectivity index (χ3n) is 2.15. The van der Waals surface area contributed by atoms with Crippen molar-refractivity contribution in [3.8, 4) is 0 Å². The molecule has 1 aromatic carbocycles. The molecule has 0 fully saturated rings. The second-order valence-electron chi connectivity index (χ2n) is 4.80. The summed E-state index contributed by atoms with van der Waals surface area (Å²) < 4.78 is 0. The van der Waals surface area contributed by atoms with Crippen LogP contribution >= 0.6 is 11.6 Å². The van der Waals surface area contributed by atoms with E-state index in [-0.39, 0.29) is 5.97 Å². The van der Waals surface area contributed by atoms with Crippen LogP contribution in [0.15, 0.2) is 18.2 Å². The molecule has 1 rings (SSSR count). The van der Waals surface area contributed by atoms with Crippen LogP contribution < -0.4 is 11.2 Å². The molecule has 0 heterocycles. The lowest BCUT2D eigenvalue weighted by atomic mass is 9.98. The summed E-state index contributed by atoms with van der Waals surface area (Å²) in [6.07, 6.45) is 0. The van der Waals surface area contributed by atoms with Crippen LogP contribution in [-0.4, -0.2) is 5.97 Å². The summed E-state index contributed by atoms with van der Waals surface area (Å²) >= 11 is 5.78. The van der Waals surface area contributed by atoms with Crippen LogP contribution in [0, 0.1) is 5.41 Å². The van der Waals surface area contributed by atoms with Crippen LogP contribution in [0.1, 0.15) is 26.3 Å². The van der Waals surface area contributed by atoms with Crippen molar-refractivity contribution < 1.29 is 9.63 Å². The highest BCUT2D eigenvalue weighted by Crippen LogP contribution is 2.18. The second-order valence-corrected chi connectivity index (χ2v) is 5.24. The van der Waals surface area contributed by atoms with Crippen molar-refractivity contribution in [3.63, 3.8) is 0 Å². The van der Waals surface area contributed by atoms with E-state index in [1.807, 2.05) is 0 Å². The Morgan fingerprint density at radius 1 is 1.47 bits per heavy atom. The topological polar surface area (TPSA) is 64.3 Å². The maximum absolute atomic E-state index is 11.5. The number of nitrogens with two attached hydrogens (primary N) is 1. The summed E-state index contributed by atoms with van der Waals surface area (Å²) in [5.41, 5.74) is 9.22. The molecule has 94 valence electrons. The van der Waals surface area contributed by atoms with Gasteiger partial charge in [0.15, 0.2) is 0 Å². The van der Waals surface area contributed by atoms with Gasteiger partial charge in [-0.2, -0.15) is 0 Å². The highest BCUT2D eigenvalue weighted by molar-refractivity contribution is 6.30. The molecule has 0 bridgehead atoms. The third kappa shape index (κ3) is 4.24. The first kappa shape index (κ1) is 13.8. The molecule has 0 amide bonds. The lowest BCUT2D eigenvalue weighted by Gasteiger charge is -2.16. The minimum Gasteiger partial charge on any atom is -0.398 e. The average molecular weight is 257 g/mol. The molecule has 0 unspecified atom stereocenters. The van der Waals surface area contributed by atoms with Gasteiger partial charge in [0, 0.05) is 10.7 Å². The summed E-state index contributed by atoms with van der Waals surface area (Å²) in [6.45, 7) is 5.71. The zero-order valence-corrected chi connectivity index (χ0v) is 11.0. The van der Waals surface area contributed by atoms with Crippen molar-refractivity contribution in [1.29, 1.82) is 0 Å². The fraction of sp³-hybridized carbons (Fsp3) is 0.417. The van der Waals surface area contributed by atoms with Gasteiger partial charge in [-0.15, -0.1) is 5.48 Å². The van der Waals surface area contributed by atoms with Crippen molar-refractivity contribution in [2.45, 2.75) is 27.3 Å². The Balaban J connectivity index is 2.49. The quantitative estimate of drug-likeness (QED) is 0.644. The van der Waals surface area contributed by atoms with Gasteiger partial charge in [-0.1, -0.05) is 17.7 Å². The number of hydroxylamine groups is 1. The minimum atomic E-state index is -0.529. The molecule has 0 saturated heterocycles. The predicted octanol–water partition coefficient (Wildman–Crippen LogP) is 2.52. The van der Waals surface area contributed by atoms with E-state index in [9.17, 15) is 4.79 Å². The van der Waals surface area contributed by atoms with Gasteiger partial charge in [0.2, 0.25) is 0 Å². The number of halogens is 1. The molecule has 0 aliphatic heterocycles. The molecule has 0 spiro atoms. The van der Waals surface area contributed by atoms with Gasteiger partial charge >= 0.3 is 5.97 Å². The van der Waals surface area contributed by atoms with Gasteiger partial charge in [-0.3, -0.25) is 0 Å². The highest BCUT2D eigenvalue weighted by atomic mass is 35.5. The van der Waals surface area contributed by atoms with E-state index in [2.05, 4.69) is 5.48 Å². The van der Waals surface area contributed by atoms with E-state index in [4.69, 9.17) is 22.2 Å². The fourth-order valence-corrected chi connectivity index (χ4v) is 1.24. The van der Waals surface area contributed by atoms with Gasteiger partial charge < -0.3 is 10.6 Å². The van der Waals surface area contributed by atoms with E-state index in [0.29, 0.717) is 17.3 Å². The molecular formula is C12H17ClN2O2. The number of benzene rings is 1. The summed E-state index contributed by atoms with van der Waals surface area (Å²) in [4.78, 5) is 16.4. The molecule has 0 aromatic heterocycles. The van der Waals surface area contributed by atoms with Crippen LogP contribution in [0.25, 0.3) is 0 Å². The summed E-state index contributed by atoms with van der Waals surface area (Å²) in [6, 6.07) is 5.18. The molecule has 0 aliphatic rings. The van der Waals surface area contributed by atoms with E-state index < -0.39 is 5.41 Å². The Morgan fingerprint density at radius 2 is 2.12 bits per heavy atom. The SMILES string of the molecule is CC(C)(C)C(=O)ONCc1ccc(Cl)cc1N. The Kier molecular flexibility index (Phi) is 4.37. The monoisotopic (exact) mass is 256 g/mol. The first-order valence-corrected chi connectivity index (χ1v) is 5.66. The summed E-state index contributed by atoms with van der Waals surface area (Å²) in [7, 11) is 0. The van der Waals surface area contributed by atoms with Crippen LogP contribution in [0.4, 0.5) is 5.69 Å². The van der Waals surface area contributed by atoms with Crippen LogP contribution in [0.3, 0.4) is 0 Å². The molecule has 17 heavy (non-hydrogen) atoms. The largest absolute Gasteiger partial charge is 0.398 e. The first-order chi connectivity index (χ1) is 7.80. The van der Waals surface area contributed by atoms with Crippen LogP contribution in [0.5, 0.6) is 0 Å². The number of carbonyl (C=O) groups excluding carboxylic acids is 1. The number of rotatable bonds is 3. The maximum atomic E-state index is 11.5. The molecule has 0 aliphatic carbocycles. The number of hydrogen-bond donors (Lipinski definition) is 2. The molecule has 0 saturated carbocycles. The zero-order chi connectivity index (χ0) is 13.1. The lowest BCUT2D eigenvalue weighted by Crippen LogP contribution is -2.29. The van der Waals surface area contributed by atoms with Crippen molar-refractivity contribution >= 4 is 23.3 Å². The Morgan fingerprint density at radius 3 is 2.65 bits per heavy atom. The van der Waals surface area contributed by atoms with Crippen molar-refractivity contribution in [3.05, 3.63) is 28.8 Å². The Labute approximate surface area is 106 Å². The first-order valence-electron chi connectivity index (χ1n) is 5.29. The molecule has 5 heteroatoms. The van der Waals surface area contributed by atoms with Gasteiger partial charge in [0.05, 0.1) is 12.0 Å². The fourth-order valence-electron chi connectivity index (χ4n) is 1.06. The minimum absolute atomic E-state index is 0.315. The van der Waals surface area contributed by atoms with Gasteiger partial charge in [-0.05, 0) is 38.5 Å². The van der Waals surface area contributed by atoms with Crippen molar-refractivity contribution in [1.82, 2.24) is 5.48 Å². The number of nitrogen functional groups attached to an aromatic ring is 1. The van der Waals surface area contributed by atoms with Gasteiger partial charge in [0.1, 0.15) is 0 Å². The third-order valence-corrected chi connectivity index (χ3v) is 2.38. The van der Waals surface area contributed by atoms with Crippen molar-refractivity contribution in [2.75, 3.05) is 5.73 Å². The predicted molar refractivity (Wildman–Crippen MR) is 68.3 cm³/mol. The molecule has 3 N–H and O–H groups in total. The van der Waals surface area contributed by atoms with Gasteiger partial charge in [-0.25, -0.2) is 4.79 Å². The lowest BCUT2D eigenvalue weighted by molar-refractivity contribution is -0.161. The number of nitrogens with one attached hydrogen (secondary N) is 1. The highest BCUT2D eigenvalue weighted by Gasteiger charge is 2.23. The van der Waals surface area contributed by atoms with Gasteiger partial charge in [0.25, 0.3) is 0 Å². The number of hydrogen-bond acceptors (Lipinski definition) is 4. The average Bonchev–Trinajstić information content (AvgIpc) is 2.19. The van der Waals surface area contributed by atoms with Crippen molar-refractivity contribution in [2.24, 2.45) is 5.41 Å². The smallest absolute Gasteiger partial charge is 0.329 e.